The smallest absolute Gasteiger partial charge is 0.0253 e. The monoisotopic (exact) mass is 502 g/mol. The summed E-state index contributed by atoms with van der Waals surface area (Å²) in [5.41, 5.74) is 9.84. The number of fused-ring (bicyclic) bond motifs is 3. The van der Waals surface area contributed by atoms with Crippen LogP contribution in [0.2, 0.25) is 0 Å². The topological polar surface area (TPSA) is 0 Å². The summed E-state index contributed by atoms with van der Waals surface area (Å²) >= 11 is 1.55. The molecule has 3 aromatic carbocycles. The Labute approximate surface area is 204 Å². The van der Waals surface area contributed by atoms with Crippen LogP contribution in [0.25, 0.3) is 11.1 Å². The van der Waals surface area contributed by atoms with Gasteiger partial charge in [0.25, 0.3) is 0 Å². The molecule has 29 heavy (non-hydrogen) atoms. The Balaban J connectivity index is 0.000000443. The van der Waals surface area contributed by atoms with Crippen molar-refractivity contribution in [3.8, 4) is 11.1 Å². The molecule has 0 spiro atoms. The molecule has 0 saturated heterocycles. The molecule has 3 heteroatoms. The maximum Gasteiger partial charge on any atom is -0.0253 e. The van der Waals surface area contributed by atoms with E-state index in [1.54, 1.807) is 24.2 Å². The van der Waals surface area contributed by atoms with Crippen LogP contribution in [0.1, 0.15) is 61.4 Å². The van der Waals surface area contributed by atoms with Crippen LogP contribution in [0.4, 0.5) is 0 Å². The van der Waals surface area contributed by atoms with Crippen molar-refractivity contribution in [2.75, 3.05) is 0 Å². The SMILES string of the molecule is C[C](C)=[Zr+2].Cc1cc(C(C)C)c(C)[cH-]1.[Cl-].[Cl-].[c-]1cccc2c1Cc1ccccc1-2. The van der Waals surface area contributed by atoms with E-state index in [9.17, 15) is 0 Å². The molecule has 0 N–H and O–H groups in total. The van der Waals surface area contributed by atoms with Crippen molar-refractivity contribution in [2.24, 2.45) is 0 Å². The van der Waals surface area contributed by atoms with Gasteiger partial charge in [-0.3, -0.25) is 0 Å². The summed E-state index contributed by atoms with van der Waals surface area (Å²) in [5.74, 6) is 0.675. The molecule has 0 aliphatic heterocycles. The van der Waals surface area contributed by atoms with Crippen molar-refractivity contribution in [1.29, 1.82) is 0 Å². The number of rotatable bonds is 1. The van der Waals surface area contributed by atoms with Crippen molar-refractivity contribution >= 4 is 3.21 Å². The Morgan fingerprint density at radius 2 is 1.59 bits per heavy atom. The van der Waals surface area contributed by atoms with Gasteiger partial charge in [0.15, 0.2) is 0 Å². The maximum absolute atomic E-state index is 3.30. The molecule has 0 amide bonds. The Bertz CT molecular complexity index is 859. The Morgan fingerprint density at radius 3 is 2.10 bits per heavy atom. The first kappa shape index (κ1) is 28.1. The fraction of sp³-hybridized carbons (Fsp3) is 0.308. The number of benzene rings is 2. The Kier molecular flexibility index (Phi) is 13.0. The minimum Gasteiger partial charge on any atom is -1.00 e. The molecule has 0 saturated carbocycles. The average Bonchev–Trinajstić information content (AvgIpc) is 3.14. The normalized spacial score (nSPS) is 10.2. The fourth-order valence-corrected chi connectivity index (χ4v) is 3.45. The molecular weight excluding hydrogens is 474 g/mol. The zero-order valence-corrected chi connectivity index (χ0v) is 22.2. The molecule has 1 aliphatic carbocycles. The molecule has 0 heterocycles. The maximum atomic E-state index is 3.30. The summed E-state index contributed by atoms with van der Waals surface area (Å²) in [6.07, 6.45) is 1.05. The van der Waals surface area contributed by atoms with Gasteiger partial charge in [0.2, 0.25) is 0 Å². The zero-order valence-electron chi connectivity index (χ0n) is 18.2. The van der Waals surface area contributed by atoms with Crippen molar-refractivity contribution in [3.63, 3.8) is 0 Å². The van der Waals surface area contributed by atoms with E-state index in [1.165, 1.54) is 42.2 Å². The molecule has 0 fully saturated rings. The molecule has 0 radical (unpaired) electrons. The van der Waals surface area contributed by atoms with Crippen LogP contribution in [-0.2, 0) is 30.7 Å². The summed E-state index contributed by atoms with van der Waals surface area (Å²) in [4.78, 5) is 0. The number of aryl methyl sites for hydroxylation is 2. The van der Waals surface area contributed by atoms with Crippen LogP contribution in [0.15, 0.2) is 54.6 Å². The van der Waals surface area contributed by atoms with Gasteiger partial charge in [-0.2, -0.15) is 52.6 Å². The third-order valence-corrected chi connectivity index (χ3v) is 4.52. The first-order valence-electron chi connectivity index (χ1n) is 9.63. The number of hydrogen-bond donors (Lipinski definition) is 0. The summed E-state index contributed by atoms with van der Waals surface area (Å²) in [7, 11) is 0. The molecule has 1 aliphatic rings. The van der Waals surface area contributed by atoms with E-state index < -0.39 is 0 Å². The van der Waals surface area contributed by atoms with Gasteiger partial charge in [0.05, 0.1) is 0 Å². The molecule has 0 bridgehead atoms. The van der Waals surface area contributed by atoms with E-state index in [4.69, 9.17) is 0 Å². The molecule has 0 aromatic heterocycles. The van der Waals surface area contributed by atoms with Gasteiger partial charge in [-0.05, 0) is 6.42 Å². The minimum atomic E-state index is 0. The van der Waals surface area contributed by atoms with Crippen molar-refractivity contribution < 1.29 is 49.0 Å². The van der Waals surface area contributed by atoms with E-state index in [-0.39, 0.29) is 24.8 Å². The van der Waals surface area contributed by atoms with Gasteiger partial charge in [-0.15, -0.1) is 5.56 Å². The van der Waals surface area contributed by atoms with Crippen LogP contribution in [0, 0.1) is 19.9 Å². The van der Waals surface area contributed by atoms with Gasteiger partial charge >= 0.3 is 41.3 Å². The quantitative estimate of drug-likeness (QED) is 0.339. The molecule has 0 unspecified atom stereocenters. The Morgan fingerprint density at radius 1 is 1.00 bits per heavy atom. The Hall–Kier alpha value is -0.877. The predicted octanol–water partition coefficient (Wildman–Crippen LogP) is 0.957. The van der Waals surface area contributed by atoms with E-state index >= 15 is 0 Å². The van der Waals surface area contributed by atoms with Crippen LogP contribution < -0.4 is 24.8 Å². The fourth-order valence-electron chi connectivity index (χ4n) is 3.45. The molecule has 3 aromatic rings. The van der Waals surface area contributed by atoms with Gasteiger partial charge in [0.1, 0.15) is 0 Å². The van der Waals surface area contributed by atoms with E-state index in [1.807, 2.05) is 6.07 Å². The van der Waals surface area contributed by atoms with Crippen molar-refractivity contribution in [2.45, 2.75) is 53.9 Å². The van der Waals surface area contributed by atoms with Gasteiger partial charge in [-0.1, -0.05) is 69.0 Å². The first-order valence-corrected chi connectivity index (χ1v) is 10.9. The van der Waals surface area contributed by atoms with E-state index in [0.717, 1.165) is 6.42 Å². The van der Waals surface area contributed by atoms with E-state index in [2.05, 4.69) is 96.1 Å². The molecule has 154 valence electrons. The molecule has 0 atom stereocenters. The number of hydrogen-bond acceptors (Lipinski definition) is 0. The molecule has 0 nitrogen and oxygen atoms in total. The van der Waals surface area contributed by atoms with Crippen LogP contribution in [0.3, 0.4) is 0 Å². The van der Waals surface area contributed by atoms with Crippen molar-refractivity contribution in [1.82, 2.24) is 0 Å². The van der Waals surface area contributed by atoms with Gasteiger partial charge < -0.3 is 24.8 Å². The largest absolute Gasteiger partial charge is 1.00 e. The minimum absolute atomic E-state index is 0. The van der Waals surface area contributed by atoms with Gasteiger partial charge in [0, 0.05) is 0 Å². The van der Waals surface area contributed by atoms with E-state index in [0.29, 0.717) is 5.92 Å². The predicted molar refractivity (Wildman–Crippen MR) is 115 cm³/mol. The second kappa shape index (κ2) is 13.4. The summed E-state index contributed by atoms with van der Waals surface area (Å²) in [5, 5.41) is 0. The summed E-state index contributed by atoms with van der Waals surface area (Å²) in [6, 6.07) is 22.6. The average molecular weight is 505 g/mol. The van der Waals surface area contributed by atoms with Crippen LogP contribution >= 0.6 is 0 Å². The number of halogens is 2. The molecule has 4 rings (SSSR count). The first-order chi connectivity index (χ1) is 12.8. The second-order valence-corrected chi connectivity index (χ2v) is 10.2. The molecular formula is C26H30Cl2Zr-2. The van der Waals surface area contributed by atoms with Crippen LogP contribution in [-0.4, -0.2) is 3.21 Å². The van der Waals surface area contributed by atoms with Crippen LogP contribution in [0.5, 0.6) is 0 Å². The summed E-state index contributed by atoms with van der Waals surface area (Å²) < 4.78 is 1.51. The van der Waals surface area contributed by atoms with Crippen molar-refractivity contribution in [3.05, 3.63) is 88.5 Å². The third kappa shape index (κ3) is 8.41. The van der Waals surface area contributed by atoms with Gasteiger partial charge in [-0.25, -0.2) is 6.07 Å². The summed E-state index contributed by atoms with van der Waals surface area (Å²) in [6.45, 7) is 13.1. The third-order valence-electron chi connectivity index (χ3n) is 4.52. The second-order valence-electron chi connectivity index (χ2n) is 7.72. The zero-order chi connectivity index (χ0) is 20.0. The standard InChI is InChI=1S/C13H9.C10H15.C3H6.2ClH.Zr/c1-3-7-12-10(5-1)9-11-6-2-4-8-13(11)12;1-7(2)10-6-8(3)5-9(10)4;1-3-2;;;/h1-5,7-8H,9H2;5-7H,1-4H3;1-2H3;2*1H;/q2*-1;;;;+2/p-2.